The highest BCUT2D eigenvalue weighted by atomic mass is 19.1. The van der Waals surface area contributed by atoms with E-state index in [-0.39, 0.29) is 16.6 Å². The number of hydrogen-bond donors (Lipinski definition) is 0. The summed E-state index contributed by atoms with van der Waals surface area (Å²) >= 11 is 0. The van der Waals surface area contributed by atoms with Gasteiger partial charge in [0.05, 0.1) is 5.52 Å². The van der Waals surface area contributed by atoms with Crippen LogP contribution in [0, 0.1) is 5.82 Å². The Morgan fingerprint density at radius 1 is 1.00 bits per heavy atom. The number of nitrogens with zero attached hydrogens (tertiary/aromatic N) is 1. The van der Waals surface area contributed by atoms with Crippen LogP contribution in [0.3, 0.4) is 0 Å². The zero-order valence-electron chi connectivity index (χ0n) is 14.8. The Morgan fingerprint density at radius 3 is 2.23 bits per heavy atom. The van der Waals surface area contributed by atoms with Crippen molar-refractivity contribution < 1.29 is 4.39 Å². The zero-order chi connectivity index (χ0) is 16.5. The second-order valence-electron chi connectivity index (χ2n) is 7.60. The molecular formula is C20H28FN. The van der Waals surface area contributed by atoms with Crippen LogP contribution in [0.15, 0.2) is 24.3 Å². The second-order valence-corrected chi connectivity index (χ2v) is 7.60. The lowest BCUT2D eigenvalue weighted by atomic mass is 9.76. The molecule has 2 heteroatoms. The van der Waals surface area contributed by atoms with Gasteiger partial charge in [0.2, 0.25) is 0 Å². The smallest absolute Gasteiger partial charge is 0.136 e. The monoisotopic (exact) mass is 301 g/mol. The van der Waals surface area contributed by atoms with Gasteiger partial charge >= 0.3 is 0 Å². The number of aromatic nitrogens is 1. The van der Waals surface area contributed by atoms with Crippen molar-refractivity contribution in [1.82, 2.24) is 4.98 Å². The van der Waals surface area contributed by atoms with Crippen molar-refractivity contribution in [1.29, 1.82) is 0 Å². The van der Waals surface area contributed by atoms with Crippen LogP contribution in [0.2, 0.25) is 0 Å². The summed E-state index contributed by atoms with van der Waals surface area (Å²) in [6.07, 6.45) is 3.00. The van der Waals surface area contributed by atoms with Gasteiger partial charge in [0.25, 0.3) is 0 Å². The van der Waals surface area contributed by atoms with E-state index in [9.17, 15) is 0 Å². The number of fused-ring (bicyclic) bond motifs is 1. The summed E-state index contributed by atoms with van der Waals surface area (Å²) in [5.41, 5.74) is 2.45. The van der Waals surface area contributed by atoms with E-state index < -0.39 is 0 Å². The molecule has 0 bridgehead atoms. The van der Waals surface area contributed by atoms with Crippen LogP contribution in [-0.2, 0) is 10.8 Å². The molecule has 0 aliphatic rings. The van der Waals surface area contributed by atoms with Gasteiger partial charge < -0.3 is 0 Å². The lowest BCUT2D eigenvalue weighted by Crippen LogP contribution is -2.22. The minimum absolute atomic E-state index is 0.0243. The molecule has 0 fully saturated rings. The minimum Gasteiger partial charge on any atom is -0.252 e. The third-order valence-corrected chi connectivity index (χ3v) is 4.81. The highest BCUT2D eigenvalue weighted by Crippen LogP contribution is 2.36. The van der Waals surface area contributed by atoms with Crippen molar-refractivity contribution in [3.63, 3.8) is 0 Å². The van der Waals surface area contributed by atoms with Gasteiger partial charge in [0.15, 0.2) is 0 Å². The van der Waals surface area contributed by atoms with E-state index in [0.29, 0.717) is 5.39 Å². The number of pyridine rings is 1. The molecule has 0 saturated heterocycles. The largest absolute Gasteiger partial charge is 0.252 e. The van der Waals surface area contributed by atoms with Crippen molar-refractivity contribution in [3.8, 4) is 0 Å². The summed E-state index contributed by atoms with van der Waals surface area (Å²) in [6.45, 7) is 12.8. The Kier molecular flexibility index (Phi) is 4.60. The lowest BCUT2D eigenvalue weighted by molar-refractivity contribution is 0.396. The number of hydrogen-bond acceptors (Lipinski definition) is 1. The van der Waals surface area contributed by atoms with E-state index in [2.05, 4.69) is 46.5 Å². The first kappa shape index (κ1) is 16.9. The average Bonchev–Trinajstić information content (AvgIpc) is 2.46. The summed E-state index contributed by atoms with van der Waals surface area (Å²) in [6, 6.07) is 7.77. The fraction of sp³-hybridized carbons (Fsp3) is 0.550. The maximum Gasteiger partial charge on any atom is 0.136 e. The van der Waals surface area contributed by atoms with Gasteiger partial charge in [-0.3, -0.25) is 4.98 Å². The standard InChI is InChI=1S/C20H28FN/c1-7-13-20(6,8-2)15-10-11-16-14(18(15)21)9-12-17(22-16)19(3,4)5/h9-12H,7-8,13H2,1-6H3. The van der Waals surface area contributed by atoms with Crippen LogP contribution < -0.4 is 0 Å². The summed E-state index contributed by atoms with van der Waals surface area (Å²) in [4.78, 5) is 4.66. The molecule has 2 aromatic rings. The highest BCUT2D eigenvalue weighted by molar-refractivity contribution is 5.80. The predicted octanol–water partition coefficient (Wildman–Crippen LogP) is 6.14. The van der Waals surface area contributed by atoms with E-state index in [1.165, 1.54) is 0 Å². The van der Waals surface area contributed by atoms with Crippen molar-refractivity contribution >= 4 is 10.9 Å². The summed E-state index contributed by atoms with van der Waals surface area (Å²) < 4.78 is 15.1. The molecule has 22 heavy (non-hydrogen) atoms. The molecule has 0 N–H and O–H groups in total. The molecule has 1 nitrogen and oxygen atoms in total. The fourth-order valence-corrected chi connectivity index (χ4v) is 3.11. The number of rotatable bonds is 4. The molecule has 120 valence electrons. The van der Waals surface area contributed by atoms with Gasteiger partial charge in [-0.05, 0) is 42.0 Å². The quantitative estimate of drug-likeness (QED) is 0.661. The van der Waals surface area contributed by atoms with Gasteiger partial charge in [0, 0.05) is 16.5 Å². The van der Waals surface area contributed by atoms with Gasteiger partial charge in [0.1, 0.15) is 5.82 Å². The molecule has 1 aromatic heterocycles. The molecule has 2 rings (SSSR count). The molecule has 0 aliphatic heterocycles. The lowest BCUT2D eigenvalue weighted by Gasteiger charge is -2.29. The molecular weight excluding hydrogens is 273 g/mol. The Morgan fingerprint density at radius 2 is 1.68 bits per heavy atom. The third-order valence-electron chi connectivity index (χ3n) is 4.81. The molecule has 1 unspecified atom stereocenters. The molecule has 0 radical (unpaired) electrons. The third kappa shape index (κ3) is 3.02. The Hall–Kier alpha value is -1.44. The molecule has 1 heterocycles. The SMILES string of the molecule is CCCC(C)(CC)c1ccc2nc(C(C)(C)C)ccc2c1F. The first-order valence-corrected chi connectivity index (χ1v) is 8.33. The highest BCUT2D eigenvalue weighted by Gasteiger charge is 2.28. The normalized spacial score (nSPS) is 15.0. The molecule has 0 amide bonds. The van der Waals surface area contributed by atoms with Crippen molar-refractivity contribution in [3.05, 3.63) is 41.3 Å². The van der Waals surface area contributed by atoms with Crippen LogP contribution in [0.4, 0.5) is 4.39 Å². The first-order chi connectivity index (χ1) is 10.2. The van der Waals surface area contributed by atoms with E-state index in [1.807, 2.05) is 24.3 Å². The van der Waals surface area contributed by atoms with Crippen molar-refractivity contribution in [2.45, 2.75) is 71.6 Å². The first-order valence-electron chi connectivity index (χ1n) is 8.33. The molecule has 1 aromatic carbocycles. The van der Waals surface area contributed by atoms with Crippen LogP contribution in [0.5, 0.6) is 0 Å². The van der Waals surface area contributed by atoms with Gasteiger partial charge in [-0.25, -0.2) is 4.39 Å². The second kappa shape index (κ2) is 5.98. The van der Waals surface area contributed by atoms with E-state index in [1.54, 1.807) is 0 Å². The molecule has 1 atom stereocenters. The molecule has 0 aliphatic carbocycles. The Bertz CT molecular complexity index is 669. The molecule has 0 saturated carbocycles. The number of benzene rings is 1. The van der Waals surface area contributed by atoms with Gasteiger partial charge in [-0.2, -0.15) is 0 Å². The van der Waals surface area contributed by atoms with Crippen LogP contribution >= 0.6 is 0 Å². The van der Waals surface area contributed by atoms with Crippen LogP contribution in [0.1, 0.15) is 72.1 Å². The Balaban J connectivity index is 2.60. The van der Waals surface area contributed by atoms with Crippen LogP contribution in [-0.4, -0.2) is 4.98 Å². The average molecular weight is 301 g/mol. The topological polar surface area (TPSA) is 12.9 Å². The van der Waals surface area contributed by atoms with E-state index >= 15 is 4.39 Å². The number of halogens is 1. The zero-order valence-corrected chi connectivity index (χ0v) is 14.8. The van der Waals surface area contributed by atoms with Crippen molar-refractivity contribution in [2.75, 3.05) is 0 Å². The van der Waals surface area contributed by atoms with Crippen LogP contribution in [0.25, 0.3) is 10.9 Å². The summed E-state index contributed by atoms with van der Waals surface area (Å²) in [5, 5.41) is 0.640. The Labute approximate surface area is 134 Å². The van der Waals surface area contributed by atoms with E-state index in [4.69, 9.17) is 0 Å². The van der Waals surface area contributed by atoms with E-state index in [0.717, 1.165) is 36.0 Å². The summed E-state index contributed by atoms with van der Waals surface area (Å²) in [5.74, 6) is -0.0942. The maximum atomic E-state index is 15.1. The predicted molar refractivity (Wildman–Crippen MR) is 93.0 cm³/mol. The fourth-order valence-electron chi connectivity index (χ4n) is 3.11. The van der Waals surface area contributed by atoms with Gasteiger partial charge in [-0.1, -0.05) is 54.0 Å². The minimum atomic E-state index is -0.101. The maximum absolute atomic E-state index is 15.1. The van der Waals surface area contributed by atoms with Crippen molar-refractivity contribution in [2.24, 2.45) is 0 Å². The summed E-state index contributed by atoms with van der Waals surface area (Å²) in [7, 11) is 0. The van der Waals surface area contributed by atoms with Gasteiger partial charge in [-0.15, -0.1) is 0 Å². The molecule has 0 spiro atoms.